The lowest BCUT2D eigenvalue weighted by atomic mass is 9.89. The lowest BCUT2D eigenvalue weighted by Gasteiger charge is -2.22. The summed E-state index contributed by atoms with van der Waals surface area (Å²) in [5.41, 5.74) is 13.1. The average molecular weight is 280 g/mol. The highest BCUT2D eigenvalue weighted by Crippen LogP contribution is 2.40. The Labute approximate surface area is 115 Å². The molecule has 5 heteroatoms. The van der Waals surface area contributed by atoms with Crippen molar-refractivity contribution in [2.45, 2.75) is 19.0 Å². The summed E-state index contributed by atoms with van der Waals surface area (Å²) in [5.74, 6) is -1.68. The third-order valence-electron chi connectivity index (χ3n) is 3.22. The molecular weight excluding hydrogens is 265 g/mol. The molecule has 0 radical (unpaired) electrons. The van der Waals surface area contributed by atoms with Gasteiger partial charge in [-0.15, -0.1) is 0 Å². The first kappa shape index (κ1) is 14.2. The van der Waals surface area contributed by atoms with Gasteiger partial charge in [-0.05, 0) is 41.8 Å². The molecule has 106 valence electrons. The molecule has 2 rings (SSSR count). The fourth-order valence-electron chi connectivity index (χ4n) is 2.14. The van der Waals surface area contributed by atoms with Gasteiger partial charge < -0.3 is 11.5 Å². The zero-order valence-corrected chi connectivity index (χ0v) is 10.9. The standard InChI is InChI=1S/C15H15F3N2/c1-9-8-11(4-7-13(9)20)14(15(16,17)18)10-2-5-12(19)6-3-10/h2-8,14H,19-20H2,1H3. The Hall–Kier alpha value is -2.17. The van der Waals surface area contributed by atoms with Gasteiger partial charge in [-0.2, -0.15) is 13.2 Å². The van der Waals surface area contributed by atoms with Crippen LogP contribution in [0.15, 0.2) is 42.5 Å². The molecule has 1 atom stereocenters. The van der Waals surface area contributed by atoms with E-state index in [1.54, 1.807) is 6.92 Å². The summed E-state index contributed by atoms with van der Waals surface area (Å²) < 4.78 is 40.1. The van der Waals surface area contributed by atoms with Crippen LogP contribution in [0.25, 0.3) is 0 Å². The van der Waals surface area contributed by atoms with Crippen LogP contribution in [-0.2, 0) is 0 Å². The Morgan fingerprint density at radius 1 is 0.900 bits per heavy atom. The molecule has 2 aromatic rings. The minimum absolute atomic E-state index is 0.163. The maximum atomic E-state index is 13.4. The summed E-state index contributed by atoms with van der Waals surface area (Å²) in [5, 5.41) is 0. The molecule has 0 fully saturated rings. The van der Waals surface area contributed by atoms with E-state index in [1.165, 1.54) is 42.5 Å². The summed E-state index contributed by atoms with van der Waals surface area (Å²) in [6.07, 6.45) is -4.38. The highest BCUT2D eigenvalue weighted by molar-refractivity contribution is 5.51. The van der Waals surface area contributed by atoms with Crippen LogP contribution < -0.4 is 11.5 Å². The first-order valence-electron chi connectivity index (χ1n) is 6.07. The summed E-state index contributed by atoms with van der Waals surface area (Å²) in [6.45, 7) is 1.69. The minimum atomic E-state index is -4.38. The van der Waals surface area contributed by atoms with E-state index in [2.05, 4.69) is 0 Å². The minimum Gasteiger partial charge on any atom is -0.399 e. The number of aryl methyl sites for hydroxylation is 1. The van der Waals surface area contributed by atoms with Crippen molar-refractivity contribution in [1.82, 2.24) is 0 Å². The van der Waals surface area contributed by atoms with Gasteiger partial charge in [-0.3, -0.25) is 0 Å². The first-order valence-corrected chi connectivity index (χ1v) is 6.07. The summed E-state index contributed by atoms with van der Waals surface area (Å²) in [6, 6.07) is 10.1. The molecule has 0 aliphatic carbocycles. The van der Waals surface area contributed by atoms with Gasteiger partial charge >= 0.3 is 6.18 Å². The molecule has 0 spiro atoms. The molecule has 0 saturated carbocycles. The van der Waals surface area contributed by atoms with Gasteiger partial charge in [0, 0.05) is 11.4 Å². The van der Waals surface area contributed by atoms with E-state index in [0.29, 0.717) is 16.9 Å². The molecule has 2 aromatic carbocycles. The average Bonchev–Trinajstić information content (AvgIpc) is 2.35. The van der Waals surface area contributed by atoms with Gasteiger partial charge in [-0.25, -0.2) is 0 Å². The van der Waals surface area contributed by atoms with E-state index < -0.39 is 12.1 Å². The fourth-order valence-corrected chi connectivity index (χ4v) is 2.14. The number of anilines is 2. The largest absolute Gasteiger partial charge is 0.399 e. The van der Waals surface area contributed by atoms with E-state index in [-0.39, 0.29) is 11.1 Å². The molecule has 4 N–H and O–H groups in total. The highest BCUT2D eigenvalue weighted by Gasteiger charge is 2.41. The Morgan fingerprint density at radius 3 is 1.95 bits per heavy atom. The SMILES string of the molecule is Cc1cc(C(c2ccc(N)cc2)C(F)(F)F)ccc1N. The fraction of sp³-hybridized carbons (Fsp3) is 0.200. The predicted molar refractivity (Wildman–Crippen MR) is 74.3 cm³/mol. The van der Waals surface area contributed by atoms with Crippen molar-refractivity contribution in [3.63, 3.8) is 0 Å². The maximum absolute atomic E-state index is 13.4. The quantitative estimate of drug-likeness (QED) is 0.821. The van der Waals surface area contributed by atoms with E-state index in [0.717, 1.165) is 0 Å². The third kappa shape index (κ3) is 2.87. The van der Waals surface area contributed by atoms with Crippen molar-refractivity contribution in [2.24, 2.45) is 0 Å². The topological polar surface area (TPSA) is 52.0 Å². The molecule has 0 aromatic heterocycles. The number of benzene rings is 2. The number of alkyl halides is 3. The van der Waals surface area contributed by atoms with Crippen molar-refractivity contribution in [3.05, 3.63) is 59.2 Å². The Morgan fingerprint density at radius 2 is 1.45 bits per heavy atom. The number of halogens is 3. The molecule has 0 amide bonds. The number of rotatable bonds is 2. The van der Waals surface area contributed by atoms with Gasteiger partial charge in [0.15, 0.2) is 0 Å². The second-order valence-electron chi connectivity index (χ2n) is 4.76. The van der Waals surface area contributed by atoms with E-state index in [9.17, 15) is 13.2 Å². The normalized spacial score (nSPS) is 13.2. The molecule has 1 unspecified atom stereocenters. The summed E-state index contributed by atoms with van der Waals surface area (Å²) >= 11 is 0. The first-order chi connectivity index (χ1) is 9.29. The van der Waals surface area contributed by atoms with Crippen LogP contribution in [-0.4, -0.2) is 6.18 Å². The molecule has 0 aliphatic heterocycles. The van der Waals surface area contributed by atoms with Crippen LogP contribution >= 0.6 is 0 Å². The van der Waals surface area contributed by atoms with E-state index in [4.69, 9.17) is 11.5 Å². The van der Waals surface area contributed by atoms with Crippen molar-refractivity contribution in [2.75, 3.05) is 11.5 Å². The van der Waals surface area contributed by atoms with Gasteiger partial charge in [0.1, 0.15) is 5.92 Å². The number of nitrogens with two attached hydrogens (primary N) is 2. The maximum Gasteiger partial charge on any atom is 0.399 e. The second-order valence-corrected chi connectivity index (χ2v) is 4.76. The van der Waals surface area contributed by atoms with Crippen LogP contribution in [0.3, 0.4) is 0 Å². The summed E-state index contributed by atoms with van der Waals surface area (Å²) in [7, 11) is 0. The van der Waals surface area contributed by atoms with Crippen molar-refractivity contribution in [3.8, 4) is 0 Å². The van der Waals surface area contributed by atoms with Crippen molar-refractivity contribution < 1.29 is 13.2 Å². The predicted octanol–water partition coefficient (Wildman–Crippen LogP) is 3.85. The van der Waals surface area contributed by atoms with Crippen LogP contribution in [0.2, 0.25) is 0 Å². The van der Waals surface area contributed by atoms with Crippen LogP contribution in [0.4, 0.5) is 24.5 Å². The van der Waals surface area contributed by atoms with Gasteiger partial charge in [-0.1, -0.05) is 24.3 Å². The van der Waals surface area contributed by atoms with E-state index in [1.807, 2.05) is 0 Å². The van der Waals surface area contributed by atoms with E-state index >= 15 is 0 Å². The molecule has 0 aliphatic rings. The molecule has 2 nitrogen and oxygen atoms in total. The van der Waals surface area contributed by atoms with Gasteiger partial charge in [0.2, 0.25) is 0 Å². The van der Waals surface area contributed by atoms with Crippen LogP contribution in [0.1, 0.15) is 22.6 Å². The number of hydrogen-bond donors (Lipinski definition) is 2. The Kier molecular flexibility index (Phi) is 3.61. The molecule has 20 heavy (non-hydrogen) atoms. The molecule has 0 saturated heterocycles. The van der Waals surface area contributed by atoms with Crippen molar-refractivity contribution >= 4 is 11.4 Å². The summed E-state index contributed by atoms with van der Waals surface area (Å²) in [4.78, 5) is 0. The van der Waals surface area contributed by atoms with Gasteiger partial charge in [0.25, 0.3) is 0 Å². The van der Waals surface area contributed by atoms with Gasteiger partial charge in [0.05, 0.1) is 0 Å². The smallest absolute Gasteiger partial charge is 0.399 e. The van der Waals surface area contributed by atoms with Crippen molar-refractivity contribution in [1.29, 1.82) is 0 Å². The number of nitrogen functional groups attached to an aromatic ring is 2. The van der Waals surface area contributed by atoms with Crippen LogP contribution in [0.5, 0.6) is 0 Å². The zero-order valence-electron chi connectivity index (χ0n) is 10.9. The van der Waals surface area contributed by atoms with Crippen LogP contribution in [0, 0.1) is 6.92 Å². The monoisotopic (exact) mass is 280 g/mol. The lowest BCUT2D eigenvalue weighted by Crippen LogP contribution is -2.22. The third-order valence-corrected chi connectivity index (χ3v) is 3.22. The number of hydrogen-bond acceptors (Lipinski definition) is 2. The second kappa shape index (κ2) is 5.07. The zero-order chi connectivity index (χ0) is 14.9. The molecular formula is C15H15F3N2. The Bertz CT molecular complexity index is 604. The Balaban J connectivity index is 2.53. The molecule has 0 heterocycles. The molecule has 0 bridgehead atoms. The highest BCUT2D eigenvalue weighted by atomic mass is 19.4. The lowest BCUT2D eigenvalue weighted by molar-refractivity contribution is -0.141.